The van der Waals surface area contributed by atoms with Gasteiger partial charge in [0, 0.05) is 5.56 Å². The molecule has 5 aromatic rings. The third-order valence-corrected chi connectivity index (χ3v) is 5.48. The van der Waals surface area contributed by atoms with Gasteiger partial charge < -0.3 is 5.32 Å². The molecular formula is C24H16ClN5OS. The van der Waals surface area contributed by atoms with Crippen molar-refractivity contribution in [2.75, 3.05) is 5.32 Å². The molecule has 4 aromatic carbocycles. The van der Waals surface area contributed by atoms with E-state index in [0.29, 0.717) is 27.3 Å². The van der Waals surface area contributed by atoms with Crippen LogP contribution in [0, 0.1) is 0 Å². The number of hydrogen-bond acceptors (Lipinski definition) is 4. The maximum atomic E-state index is 12.8. The van der Waals surface area contributed by atoms with E-state index in [4.69, 9.17) is 23.8 Å². The SMILES string of the molecule is O=C(NC(=S)Nc1cc2nn(-c3ccccc3)nc2cc1Cl)c1cccc2ccccc12. The number of nitrogens with one attached hydrogen (secondary N) is 2. The van der Waals surface area contributed by atoms with Gasteiger partial charge in [-0.05, 0) is 53.3 Å². The normalized spacial score (nSPS) is 10.9. The van der Waals surface area contributed by atoms with E-state index < -0.39 is 0 Å². The Bertz CT molecular complexity index is 1480. The third-order valence-electron chi connectivity index (χ3n) is 4.97. The first kappa shape index (κ1) is 20.1. The lowest BCUT2D eigenvalue weighted by atomic mass is 10.0. The molecule has 6 nitrogen and oxygen atoms in total. The molecule has 0 spiro atoms. The molecule has 0 unspecified atom stereocenters. The lowest BCUT2D eigenvalue weighted by Crippen LogP contribution is -2.34. The molecule has 0 radical (unpaired) electrons. The van der Waals surface area contributed by atoms with Crippen LogP contribution in [0.1, 0.15) is 10.4 Å². The maximum Gasteiger partial charge on any atom is 0.258 e. The smallest absolute Gasteiger partial charge is 0.258 e. The number of anilines is 1. The Kier molecular flexibility index (Phi) is 5.26. The minimum absolute atomic E-state index is 0.139. The molecule has 0 atom stereocenters. The number of thiocarbonyl (C=S) groups is 1. The van der Waals surface area contributed by atoms with Gasteiger partial charge in [0.25, 0.3) is 5.91 Å². The zero-order valence-electron chi connectivity index (χ0n) is 16.6. The van der Waals surface area contributed by atoms with Crippen molar-refractivity contribution in [2.24, 2.45) is 0 Å². The summed E-state index contributed by atoms with van der Waals surface area (Å²) in [6.45, 7) is 0. The van der Waals surface area contributed by atoms with Gasteiger partial charge in [0.15, 0.2) is 5.11 Å². The van der Waals surface area contributed by atoms with Gasteiger partial charge in [-0.15, -0.1) is 10.2 Å². The zero-order valence-corrected chi connectivity index (χ0v) is 18.2. The number of para-hydroxylation sites is 1. The predicted molar refractivity (Wildman–Crippen MR) is 132 cm³/mol. The molecule has 32 heavy (non-hydrogen) atoms. The predicted octanol–water partition coefficient (Wildman–Crippen LogP) is 5.35. The molecular weight excluding hydrogens is 442 g/mol. The van der Waals surface area contributed by atoms with Crippen molar-refractivity contribution in [3.05, 3.63) is 95.5 Å². The highest BCUT2D eigenvalue weighted by molar-refractivity contribution is 7.80. The van der Waals surface area contributed by atoms with E-state index in [1.54, 1.807) is 23.0 Å². The Morgan fingerprint density at radius 2 is 1.56 bits per heavy atom. The average molecular weight is 458 g/mol. The number of aromatic nitrogens is 3. The minimum atomic E-state index is -0.300. The topological polar surface area (TPSA) is 71.8 Å². The van der Waals surface area contributed by atoms with Gasteiger partial charge in [-0.3, -0.25) is 10.1 Å². The van der Waals surface area contributed by atoms with Gasteiger partial charge in [-0.25, -0.2) is 0 Å². The fourth-order valence-corrected chi connectivity index (χ4v) is 3.87. The van der Waals surface area contributed by atoms with Crippen molar-refractivity contribution in [1.29, 1.82) is 0 Å². The first-order chi connectivity index (χ1) is 15.6. The van der Waals surface area contributed by atoms with Crippen LogP contribution < -0.4 is 10.6 Å². The average Bonchev–Trinajstić information content (AvgIpc) is 3.22. The zero-order chi connectivity index (χ0) is 22.1. The fourth-order valence-electron chi connectivity index (χ4n) is 3.46. The molecule has 0 bridgehead atoms. The van der Waals surface area contributed by atoms with E-state index in [0.717, 1.165) is 16.5 Å². The van der Waals surface area contributed by atoms with Gasteiger partial charge >= 0.3 is 0 Å². The van der Waals surface area contributed by atoms with Crippen molar-refractivity contribution in [3.8, 4) is 5.69 Å². The summed E-state index contributed by atoms with van der Waals surface area (Å²) < 4.78 is 0. The minimum Gasteiger partial charge on any atom is -0.331 e. The molecule has 0 saturated carbocycles. The number of rotatable bonds is 3. The van der Waals surface area contributed by atoms with Crippen LogP contribution in [-0.4, -0.2) is 26.0 Å². The molecule has 8 heteroatoms. The lowest BCUT2D eigenvalue weighted by molar-refractivity contribution is 0.0979. The molecule has 0 aliphatic carbocycles. The first-order valence-electron chi connectivity index (χ1n) is 9.80. The van der Waals surface area contributed by atoms with Gasteiger partial charge in [0.2, 0.25) is 0 Å². The van der Waals surface area contributed by atoms with Gasteiger partial charge in [-0.1, -0.05) is 66.2 Å². The number of fused-ring (bicyclic) bond motifs is 2. The number of carbonyl (C=O) groups excluding carboxylic acids is 1. The third kappa shape index (κ3) is 3.91. The molecule has 156 valence electrons. The van der Waals surface area contributed by atoms with Crippen molar-refractivity contribution in [3.63, 3.8) is 0 Å². The number of nitrogens with zero attached hydrogens (tertiary/aromatic N) is 3. The van der Waals surface area contributed by atoms with Crippen LogP contribution in [0.5, 0.6) is 0 Å². The van der Waals surface area contributed by atoms with Crippen molar-refractivity contribution >= 4 is 62.3 Å². The van der Waals surface area contributed by atoms with Crippen LogP contribution >= 0.6 is 23.8 Å². The van der Waals surface area contributed by atoms with Crippen LogP contribution in [0.15, 0.2) is 84.9 Å². The van der Waals surface area contributed by atoms with Crippen LogP contribution in [0.4, 0.5) is 5.69 Å². The van der Waals surface area contributed by atoms with E-state index >= 15 is 0 Å². The Morgan fingerprint density at radius 1 is 0.875 bits per heavy atom. The number of amides is 1. The number of hydrogen-bond donors (Lipinski definition) is 2. The second-order valence-electron chi connectivity index (χ2n) is 7.08. The summed E-state index contributed by atoms with van der Waals surface area (Å²) in [5.74, 6) is -0.300. The molecule has 1 heterocycles. The first-order valence-corrected chi connectivity index (χ1v) is 10.6. The van der Waals surface area contributed by atoms with Crippen LogP contribution in [0.25, 0.3) is 27.5 Å². The molecule has 0 saturated heterocycles. The summed E-state index contributed by atoms with van der Waals surface area (Å²) >= 11 is 11.8. The van der Waals surface area contributed by atoms with E-state index in [2.05, 4.69) is 20.8 Å². The Hall–Kier alpha value is -3.81. The molecule has 1 aromatic heterocycles. The second kappa shape index (κ2) is 8.37. The summed E-state index contributed by atoms with van der Waals surface area (Å²) in [7, 11) is 0. The van der Waals surface area contributed by atoms with E-state index in [1.165, 1.54) is 0 Å². The maximum absolute atomic E-state index is 12.8. The number of carbonyl (C=O) groups is 1. The summed E-state index contributed by atoms with van der Waals surface area (Å²) in [5.41, 5.74) is 3.20. The Labute approximate surface area is 193 Å². The van der Waals surface area contributed by atoms with Crippen LogP contribution in [0.2, 0.25) is 5.02 Å². The standard InChI is InChI=1S/C24H16ClN5OS/c25-19-13-21-22(29-30(28-21)16-9-2-1-3-10-16)14-20(19)26-24(32)27-23(31)18-12-6-8-15-7-4-5-11-17(15)18/h1-14H,(H2,26,27,31,32). The Balaban J connectivity index is 1.37. The van der Waals surface area contributed by atoms with Gasteiger partial charge in [-0.2, -0.15) is 4.80 Å². The summed E-state index contributed by atoms with van der Waals surface area (Å²) in [6.07, 6.45) is 0. The molecule has 1 amide bonds. The van der Waals surface area contributed by atoms with Crippen LogP contribution in [-0.2, 0) is 0 Å². The van der Waals surface area contributed by atoms with Crippen LogP contribution in [0.3, 0.4) is 0 Å². The van der Waals surface area contributed by atoms with Crippen molar-refractivity contribution < 1.29 is 4.79 Å². The molecule has 2 N–H and O–H groups in total. The highest BCUT2D eigenvalue weighted by atomic mass is 35.5. The Morgan fingerprint density at radius 3 is 2.38 bits per heavy atom. The fraction of sp³-hybridized carbons (Fsp3) is 0. The van der Waals surface area contributed by atoms with Crippen molar-refractivity contribution in [2.45, 2.75) is 0 Å². The summed E-state index contributed by atoms with van der Waals surface area (Å²) in [6, 6.07) is 26.3. The second-order valence-corrected chi connectivity index (χ2v) is 7.90. The number of halogens is 1. The molecule has 5 rings (SSSR count). The van der Waals surface area contributed by atoms with E-state index in [9.17, 15) is 4.79 Å². The van der Waals surface area contributed by atoms with Gasteiger partial charge in [0.05, 0.1) is 16.4 Å². The van der Waals surface area contributed by atoms with E-state index in [1.807, 2.05) is 66.7 Å². The lowest BCUT2D eigenvalue weighted by Gasteiger charge is -2.12. The quantitative estimate of drug-likeness (QED) is 0.357. The highest BCUT2D eigenvalue weighted by Gasteiger charge is 2.14. The van der Waals surface area contributed by atoms with Crippen molar-refractivity contribution in [1.82, 2.24) is 20.3 Å². The molecule has 0 aliphatic rings. The largest absolute Gasteiger partial charge is 0.331 e. The highest BCUT2D eigenvalue weighted by Crippen LogP contribution is 2.27. The van der Waals surface area contributed by atoms with Gasteiger partial charge in [0.1, 0.15) is 11.0 Å². The monoisotopic (exact) mass is 457 g/mol. The van der Waals surface area contributed by atoms with E-state index in [-0.39, 0.29) is 11.0 Å². The molecule has 0 fully saturated rings. The number of benzene rings is 4. The summed E-state index contributed by atoms with van der Waals surface area (Å²) in [5, 5.41) is 17.1. The molecule has 0 aliphatic heterocycles. The summed E-state index contributed by atoms with van der Waals surface area (Å²) in [4.78, 5) is 14.4.